The second-order valence-corrected chi connectivity index (χ2v) is 7.47. The Labute approximate surface area is 150 Å². The number of hydrogen-bond acceptors (Lipinski definition) is 3. The minimum atomic E-state index is -0.178. The van der Waals surface area contributed by atoms with Gasteiger partial charge in [0.15, 0.2) is 0 Å². The molecule has 1 unspecified atom stereocenters. The smallest absolute Gasteiger partial charge is 0.236 e. The standard InChI is InChI=1S/C20H30FN3O/c1-17(18-5-7-19(21)8-6-18)15-22-11-13-23(14-12-22)16-20(25)24-9-3-2-4-10-24/h5-8,17H,2-4,9-16H2,1H3. The Balaban J connectivity index is 1.40. The largest absolute Gasteiger partial charge is 0.342 e. The molecule has 0 saturated carbocycles. The van der Waals surface area contributed by atoms with Gasteiger partial charge in [0.1, 0.15) is 5.82 Å². The first-order valence-electron chi connectivity index (χ1n) is 9.60. The molecule has 2 aliphatic rings. The Bertz CT molecular complexity index is 549. The second-order valence-electron chi connectivity index (χ2n) is 7.47. The van der Waals surface area contributed by atoms with Crippen LogP contribution in [0, 0.1) is 5.82 Å². The highest BCUT2D eigenvalue weighted by molar-refractivity contribution is 5.78. The lowest BCUT2D eigenvalue weighted by atomic mass is 10.0. The van der Waals surface area contributed by atoms with E-state index >= 15 is 0 Å². The van der Waals surface area contributed by atoms with Crippen LogP contribution in [0.1, 0.15) is 37.7 Å². The van der Waals surface area contributed by atoms with Gasteiger partial charge in [-0.15, -0.1) is 0 Å². The van der Waals surface area contributed by atoms with E-state index in [2.05, 4.69) is 16.7 Å². The number of halogens is 1. The fourth-order valence-corrected chi connectivity index (χ4v) is 3.85. The average molecular weight is 347 g/mol. The zero-order valence-corrected chi connectivity index (χ0v) is 15.3. The second kappa shape index (κ2) is 8.77. The first-order chi connectivity index (χ1) is 12.1. The van der Waals surface area contributed by atoms with E-state index in [1.165, 1.54) is 24.1 Å². The topological polar surface area (TPSA) is 26.8 Å². The van der Waals surface area contributed by atoms with Gasteiger partial charge < -0.3 is 9.80 Å². The van der Waals surface area contributed by atoms with Crippen LogP contribution in [0.4, 0.5) is 4.39 Å². The van der Waals surface area contributed by atoms with Crippen molar-refractivity contribution in [3.63, 3.8) is 0 Å². The van der Waals surface area contributed by atoms with Crippen LogP contribution in [0.3, 0.4) is 0 Å². The van der Waals surface area contributed by atoms with Crippen LogP contribution in [-0.4, -0.2) is 73.0 Å². The summed E-state index contributed by atoms with van der Waals surface area (Å²) in [6.07, 6.45) is 3.57. The highest BCUT2D eigenvalue weighted by Gasteiger charge is 2.23. The molecular weight excluding hydrogens is 317 g/mol. The predicted octanol–water partition coefficient (Wildman–Crippen LogP) is 2.56. The molecule has 1 atom stereocenters. The van der Waals surface area contributed by atoms with Crippen LogP contribution in [0.25, 0.3) is 0 Å². The Morgan fingerprint density at radius 1 is 0.960 bits per heavy atom. The third kappa shape index (κ3) is 5.25. The first-order valence-corrected chi connectivity index (χ1v) is 9.60. The van der Waals surface area contributed by atoms with E-state index in [0.717, 1.165) is 58.7 Å². The fraction of sp³-hybridized carbons (Fsp3) is 0.650. The molecule has 1 aromatic rings. The van der Waals surface area contributed by atoms with Crippen LogP contribution >= 0.6 is 0 Å². The van der Waals surface area contributed by atoms with Gasteiger partial charge in [-0.2, -0.15) is 0 Å². The van der Waals surface area contributed by atoms with Crippen molar-refractivity contribution in [2.75, 3.05) is 52.4 Å². The summed E-state index contributed by atoms with van der Waals surface area (Å²) in [5.74, 6) is 0.512. The molecular formula is C20H30FN3O. The van der Waals surface area contributed by atoms with Gasteiger partial charge in [0.05, 0.1) is 6.54 Å². The number of carbonyl (C=O) groups excluding carboxylic acids is 1. The van der Waals surface area contributed by atoms with Crippen LogP contribution < -0.4 is 0 Å². The number of rotatable bonds is 5. The van der Waals surface area contributed by atoms with E-state index in [0.29, 0.717) is 18.4 Å². The number of piperidine rings is 1. The van der Waals surface area contributed by atoms with Crippen molar-refractivity contribution in [2.24, 2.45) is 0 Å². The summed E-state index contributed by atoms with van der Waals surface area (Å²) < 4.78 is 13.0. The third-order valence-corrected chi connectivity index (χ3v) is 5.50. The molecule has 1 amide bonds. The van der Waals surface area contributed by atoms with Crippen LogP contribution in [0.2, 0.25) is 0 Å². The quantitative estimate of drug-likeness (QED) is 0.819. The van der Waals surface area contributed by atoms with Crippen molar-refractivity contribution < 1.29 is 9.18 Å². The maximum Gasteiger partial charge on any atom is 0.236 e. The molecule has 0 bridgehead atoms. The number of piperazine rings is 1. The molecule has 1 aromatic carbocycles. The van der Waals surface area contributed by atoms with Crippen LogP contribution in [-0.2, 0) is 4.79 Å². The van der Waals surface area contributed by atoms with Crippen LogP contribution in [0.5, 0.6) is 0 Å². The number of benzene rings is 1. The van der Waals surface area contributed by atoms with E-state index in [9.17, 15) is 9.18 Å². The number of amides is 1. The SMILES string of the molecule is CC(CN1CCN(CC(=O)N2CCCCC2)CC1)c1ccc(F)cc1. The van der Waals surface area contributed by atoms with Crippen molar-refractivity contribution >= 4 is 5.91 Å². The molecule has 0 radical (unpaired) electrons. The van der Waals surface area contributed by atoms with Crippen molar-refractivity contribution in [1.82, 2.24) is 14.7 Å². The van der Waals surface area contributed by atoms with Gasteiger partial charge in [-0.1, -0.05) is 19.1 Å². The molecule has 0 aromatic heterocycles. The summed E-state index contributed by atoms with van der Waals surface area (Å²) in [6, 6.07) is 6.84. The van der Waals surface area contributed by atoms with Crippen molar-refractivity contribution in [3.05, 3.63) is 35.6 Å². The first kappa shape index (κ1) is 18.3. The Hall–Kier alpha value is -1.46. The monoisotopic (exact) mass is 347 g/mol. The molecule has 2 fully saturated rings. The summed E-state index contributed by atoms with van der Waals surface area (Å²) >= 11 is 0. The van der Waals surface area contributed by atoms with E-state index < -0.39 is 0 Å². The van der Waals surface area contributed by atoms with Gasteiger partial charge in [0, 0.05) is 45.8 Å². The lowest BCUT2D eigenvalue weighted by Gasteiger charge is -2.37. The lowest BCUT2D eigenvalue weighted by Crippen LogP contribution is -2.51. The van der Waals surface area contributed by atoms with E-state index in [4.69, 9.17) is 0 Å². The maximum absolute atomic E-state index is 13.0. The maximum atomic E-state index is 13.0. The van der Waals surface area contributed by atoms with Gasteiger partial charge in [-0.25, -0.2) is 4.39 Å². The summed E-state index contributed by atoms with van der Waals surface area (Å²) in [5, 5.41) is 0. The number of carbonyl (C=O) groups is 1. The Morgan fingerprint density at radius 3 is 2.20 bits per heavy atom. The van der Waals surface area contributed by atoms with Gasteiger partial charge in [-0.3, -0.25) is 9.69 Å². The highest BCUT2D eigenvalue weighted by Crippen LogP contribution is 2.18. The number of hydrogen-bond donors (Lipinski definition) is 0. The minimum absolute atomic E-state index is 0.178. The van der Waals surface area contributed by atoms with Gasteiger partial charge >= 0.3 is 0 Å². The van der Waals surface area contributed by atoms with Gasteiger partial charge in [-0.05, 0) is 42.9 Å². The summed E-state index contributed by atoms with van der Waals surface area (Å²) in [7, 11) is 0. The number of likely N-dealkylation sites (tertiary alicyclic amines) is 1. The summed E-state index contributed by atoms with van der Waals surface area (Å²) in [4.78, 5) is 19.2. The molecule has 138 valence electrons. The Morgan fingerprint density at radius 2 is 1.56 bits per heavy atom. The molecule has 2 heterocycles. The zero-order valence-electron chi connectivity index (χ0n) is 15.3. The predicted molar refractivity (Wildman–Crippen MR) is 98.1 cm³/mol. The van der Waals surface area contributed by atoms with Crippen molar-refractivity contribution in [3.8, 4) is 0 Å². The molecule has 2 saturated heterocycles. The molecule has 0 N–H and O–H groups in total. The van der Waals surface area contributed by atoms with E-state index in [-0.39, 0.29) is 5.82 Å². The van der Waals surface area contributed by atoms with Crippen LogP contribution in [0.15, 0.2) is 24.3 Å². The highest BCUT2D eigenvalue weighted by atomic mass is 19.1. The minimum Gasteiger partial charge on any atom is -0.342 e. The molecule has 0 spiro atoms. The molecule has 5 heteroatoms. The zero-order chi connectivity index (χ0) is 17.6. The number of nitrogens with zero attached hydrogens (tertiary/aromatic N) is 3. The molecule has 3 rings (SSSR count). The van der Waals surface area contributed by atoms with Crippen molar-refractivity contribution in [1.29, 1.82) is 0 Å². The molecule has 4 nitrogen and oxygen atoms in total. The Kier molecular flexibility index (Phi) is 6.43. The average Bonchev–Trinajstić information content (AvgIpc) is 2.64. The van der Waals surface area contributed by atoms with Crippen molar-refractivity contribution in [2.45, 2.75) is 32.1 Å². The summed E-state index contributed by atoms with van der Waals surface area (Å²) in [5.41, 5.74) is 1.18. The lowest BCUT2D eigenvalue weighted by molar-refractivity contribution is -0.133. The third-order valence-electron chi connectivity index (χ3n) is 5.50. The van der Waals surface area contributed by atoms with Gasteiger partial charge in [0.25, 0.3) is 0 Å². The fourth-order valence-electron chi connectivity index (χ4n) is 3.85. The van der Waals surface area contributed by atoms with E-state index in [1.54, 1.807) is 0 Å². The van der Waals surface area contributed by atoms with E-state index in [1.807, 2.05) is 17.0 Å². The van der Waals surface area contributed by atoms with Gasteiger partial charge in [0.2, 0.25) is 5.91 Å². The molecule has 0 aliphatic carbocycles. The summed E-state index contributed by atoms with van der Waals surface area (Å²) in [6.45, 7) is 9.53. The molecule has 2 aliphatic heterocycles. The molecule has 25 heavy (non-hydrogen) atoms. The normalized spacial score (nSPS) is 21.3.